The second kappa shape index (κ2) is 3.79. The second-order valence-corrected chi connectivity index (χ2v) is 4.46. The van der Waals surface area contributed by atoms with E-state index in [4.69, 9.17) is 0 Å². The van der Waals surface area contributed by atoms with Crippen molar-refractivity contribution in [2.24, 2.45) is 0 Å². The van der Waals surface area contributed by atoms with E-state index < -0.39 is 22.9 Å². The van der Waals surface area contributed by atoms with Crippen LogP contribution in [0.25, 0.3) is 0 Å². The summed E-state index contributed by atoms with van der Waals surface area (Å²) in [6.45, 7) is 0.388. The maximum absolute atomic E-state index is 14.2. The molecule has 1 N–H and O–H groups in total. The van der Waals surface area contributed by atoms with Crippen molar-refractivity contribution >= 4 is 15.9 Å². The van der Waals surface area contributed by atoms with Gasteiger partial charge in [-0.25, -0.2) is 13.2 Å². The molecule has 1 aromatic rings. The molecule has 1 fully saturated rings. The summed E-state index contributed by atoms with van der Waals surface area (Å²) < 4.78 is 41.3. The van der Waals surface area contributed by atoms with Gasteiger partial charge in [-0.3, -0.25) is 0 Å². The maximum atomic E-state index is 14.2. The number of benzene rings is 1. The molecule has 1 saturated heterocycles. The highest BCUT2D eigenvalue weighted by Crippen LogP contribution is 2.37. The number of hydrogen-bond acceptors (Lipinski definition) is 1. The Hall–Kier alpha value is -0.550. The first-order valence-electron chi connectivity index (χ1n) is 4.58. The number of hydrogen-bond donors (Lipinski definition) is 1. The SMILES string of the molecule is Fc1ccc(Br)c(F)c1C1(F)CCNC1. The highest BCUT2D eigenvalue weighted by Gasteiger charge is 2.40. The van der Waals surface area contributed by atoms with Gasteiger partial charge >= 0.3 is 0 Å². The average Bonchev–Trinajstić information content (AvgIpc) is 2.60. The van der Waals surface area contributed by atoms with Gasteiger partial charge in [0.2, 0.25) is 0 Å². The van der Waals surface area contributed by atoms with Crippen LogP contribution in [0.2, 0.25) is 0 Å². The lowest BCUT2D eigenvalue weighted by atomic mass is 9.94. The molecule has 0 amide bonds. The fraction of sp³-hybridized carbons (Fsp3) is 0.400. The largest absolute Gasteiger partial charge is 0.313 e. The van der Waals surface area contributed by atoms with Crippen LogP contribution in [0.15, 0.2) is 16.6 Å². The van der Waals surface area contributed by atoms with Crippen molar-refractivity contribution in [3.8, 4) is 0 Å². The molecule has 0 aromatic heterocycles. The van der Waals surface area contributed by atoms with E-state index in [1.165, 1.54) is 6.07 Å². The summed E-state index contributed by atoms with van der Waals surface area (Å²) >= 11 is 2.92. The summed E-state index contributed by atoms with van der Waals surface area (Å²) in [6.07, 6.45) is 0.0945. The quantitative estimate of drug-likeness (QED) is 0.780. The van der Waals surface area contributed by atoms with Crippen molar-refractivity contribution < 1.29 is 13.2 Å². The lowest BCUT2D eigenvalue weighted by Gasteiger charge is -2.20. The third kappa shape index (κ3) is 1.78. The molecule has 1 aromatic carbocycles. The minimum atomic E-state index is -1.93. The molecular weight excluding hydrogens is 271 g/mol. The highest BCUT2D eigenvalue weighted by molar-refractivity contribution is 9.10. The van der Waals surface area contributed by atoms with Crippen LogP contribution < -0.4 is 5.32 Å². The maximum Gasteiger partial charge on any atom is 0.155 e. The smallest absolute Gasteiger partial charge is 0.155 e. The molecule has 1 unspecified atom stereocenters. The zero-order chi connectivity index (χ0) is 11.1. The van der Waals surface area contributed by atoms with E-state index in [1.54, 1.807) is 0 Å². The summed E-state index contributed by atoms with van der Waals surface area (Å²) in [5.74, 6) is -1.68. The zero-order valence-electron chi connectivity index (χ0n) is 7.79. The monoisotopic (exact) mass is 279 g/mol. The topological polar surface area (TPSA) is 12.0 Å². The molecule has 5 heteroatoms. The first-order valence-corrected chi connectivity index (χ1v) is 5.37. The average molecular weight is 280 g/mol. The Balaban J connectivity index is 2.55. The first kappa shape index (κ1) is 11.0. The Morgan fingerprint density at radius 1 is 1.33 bits per heavy atom. The van der Waals surface area contributed by atoms with Gasteiger partial charge in [-0.15, -0.1) is 0 Å². The summed E-state index contributed by atoms with van der Waals surface area (Å²) in [5.41, 5.74) is -2.40. The fourth-order valence-corrected chi connectivity index (χ4v) is 2.14. The Labute approximate surface area is 93.8 Å². The van der Waals surface area contributed by atoms with Gasteiger partial charge in [0.15, 0.2) is 5.67 Å². The Morgan fingerprint density at radius 3 is 2.67 bits per heavy atom. The van der Waals surface area contributed by atoms with Crippen LogP contribution in [0.1, 0.15) is 12.0 Å². The van der Waals surface area contributed by atoms with E-state index >= 15 is 0 Å². The van der Waals surface area contributed by atoms with Gasteiger partial charge in [0.1, 0.15) is 11.6 Å². The molecule has 1 aliphatic rings. The lowest BCUT2D eigenvalue weighted by molar-refractivity contribution is 0.179. The lowest BCUT2D eigenvalue weighted by Crippen LogP contribution is -2.26. The first-order chi connectivity index (χ1) is 7.04. The van der Waals surface area contributed by atoms with Crippen molar-refractivity contribution in [2.45, 2.75) is 12.1 Å². The molecule has 0 saturated carbocycles. The summed E-state index contributed by atoms with van der Waals surface area (Å²) in [4.78, 5) is 0. The van der Waals surface area contributed by atoms with Crippen molar-refractivity contribution in [2.75, 3.05) is 13.1 Å². The molecule has 1 nitrogen and oxygen atoms in total. The zero-order valence-corrected chi connectivity index (χ0v) is 9.37. The number of rotatable bonds is 1. The van der Waals surface area contributed by atoms with Crippen molar-refractivity contribution in [1.29, 1.82) is 0 Å². The predicted octanol–water partition coefficient (Wildman–Crippen LogP) is 2.89. The highest BCUT2D eigenvalue weighted by atomic mass is 79.9. The fourth-order valence-electron chi connectivity index (χ4n) is 1.81. The van der Waals surface area contributed by atoms with Crippen molar-refractivity contribution in [3.05, 3.63) is 33.8 Å². The Morgan fingerprint density at radius 2 is 2.07 bits per heavy atom. The summed E-state index contributed by atoms with van der Waals surface area (Å²) in [5, 5.41) is 2.76. The van der Waals surface area contributed by atoms with E-state index in [2.05, 4.69) is 21.2 Å². The Kier molecular flexibility index (Phi) is 2.77. The van der Waals surface area contributed by atoms with Crippen LogP contribution in [0.4, 0.5) is 13.2 Å². The third-order valence-corrected chi connectivity index (χ3v) is 3.21. The Bertz CT molecular complexity index is 388. The van der Waals surface area contributed by atoms with Gasteiger partial charge in [0, 0.05) is 6.54 Å². The molecule has 2 rings (SSSR count). The van der Waals surface area contributed by atoms with Crippen molar-refractivity contribution in [3.63, 3.8) is 0 Å². The second-order valence-electron chi connectivity index (χ2n) is 3.61. The van der Waals surface area contributed by atoms with Crippen LogP contribution in [0, 0.1) is 11.6 Å². The molecule has 0 bridgehead atoms. The molecule has 0 radical (unpaired) electrons. The van der Waals surface area contributed by atoms with Gasteiger partial charge in [0.05, 0.1) is 10.0 Å². The van der Waals surface area contributed by atoms with Gasteiger partial charge in [0.25, 0.3) is 0 Å². The van der Waals surface area contributed by atoms with Crippen LogP contribution in [-0.2, 0) is 5.67 Å². The van der Waals surface area contributed by atoms with Crippen LogP contribution in [-0.4, -0.2) is 13.1 Å². The molecule has 1 heterocycles. The van der Waals surface area contributed by atoms with Gasteiger partial charge < -0.3 is 5.32 Å². The molecule has 0 aliphatic carbocycles. The molecule has 1 aliphatic heterocycles. The number of nitrogens with one attached hydrogen (secondary N) is 1. The number of halogens is 4. The van der Waals surface area contributed by atoms with E-state index in [9.17, 15) is 13.2 Å². The van der Waals surface area contributed by atoms with E-state index in [0.717, 1.165) is 6.07 Å². The molecule has 1 atom stereocenters. The number of alkyl halides is 1. The molecule has 0 spiro atoms. The van der Waals surface area contributed by atoms with E-state index in [0.29, 0.717) is 6.54 Å². The van der Waals surface area contributed by atoms with E-state index in [-0.39, 0.29) is 17.4 Å². The van der Waals surface area contributed by atoms with Crippen LogP contribution in [0.5, 0.6) is 0 Å². The van der Waals surface area contributed by atoms with Crippen molar-refractivity contribution in [1.82, 2.24) is 5.32 Å². The standard InChI is InChI=1S/C10H9BrF3N/c11-6-1-2-7(12)8(9(6)13)10(14)3-4-15-5-10/h1-2,15H,3-5H2. The molecule has 82 valence electrons. The summed E-state index contributed by atoms with van der Waals surface area (Å²) in [7, 11) is 0. The van der Waals surface area contributed by atoms with Gasteiger partial charge in [-0.05, 0) is 41.0 Å². The molecule has 15 heavy (non-hydrogen) atoms. The van der Waals surface area contributed by atoms with E-state index in [1.807, 2.05) is 0 Å². The molecular formula is C10H9BrF3N. The van der Waals surface area contributed by atoms with Gasteiger partial charge in [-0.2, -0.15) is 0 Å². The summed E-state index contributed by atoms with van der Waals surface area (Å²) in [6, 6.07) is 2.31. The van der Waals surface area contributed by atoms with Gasteiger partial charge in [-0.1, -0.05) is 0 Å². The predicted molar refractivity (Wildman–Crippen MR) is 54.3 cm³/mol. The van der Waals surface area contributed by atoms with Crippen LogP contribution >= 0.6 is 15.9 Å². The third-order valence-electron chi connectivity index (χ3n) is 2.60. The normalized spacial score (nSPS) is 25.9. The van der Waals surface area contributed by atoms with Crippen LogP contribution in [0.3, 0.4) is 0 Å². The minimum Gasteiger partial charge on any atom is -0.313 e. The minimum absolute atomic E-state index is 0.0444.